The summed E-state index contributed by atoms with van der Waals surface area (Å²) in [6.07, 6.45) is 3.42. The first kappa shape index (κ1) is 17.0. The molecular formula is C18H21F3N2O. The normalized spacial score (nSPS) is 19.2. The van der Waals surface area contributed by atoms with Crippen molar-refractivity contribution in [1.82, 2.24) is 9.55 Å². The molecule has 1 N–H and O–H groups in total. The van der Waals surface area contributed by atoms with Crippen molar-refractivity contribution in [3.8, 4) is 0 Å². The fourth-order valence-electron chi connectivity index (χ4n) is 3.73. The Kier molecular flexibility index (Phi) is 4.42. The molecule has 130 valence electrons. The molecule has 1 aliphatic rings. The number of aliphatic hydroxyl groups is 1. The molecular weight excluding hydrogens is 317 g/mol. The summed E-state index contributed by atoms with van der Waals surface area (Å²) < 4.78 is 41.0. The van der Waals surface area contributed by atoms with Gasteiger partial charge in [0.25, 0.3) is 0 Å². The molecule has 6 heteroatoms. The van der Waals surface area contributed by atoms with Crippen LogP contribution in [0.4, 0.5) is 13.2 Å². The van der Waals surface area contributed by atoms with E-state index in [4.69, 9.17) is 0 Å². The first-order valence-corrected chi connectivity index (χ1v) is 8.21. The van der Waals surface area contributed by atoms with Crippen LogP contribution >= 0.6 is 0 Å². The zero-order valence-corrected chi connectivity index (χ0v) is 13.6. The number of hydrogen-bond donors (Lipinski definition) is 1. The van der Waals surface area contributed by atoms with Gasteiger partial charge in [-0.2, -0.15) is 13.2 Å². The average Bonchev–Trinajstić information content (AvgIpc) is 3.01. The third-order valence-corrected chi connectivity index (χ3v) is 4.99. The number of imidazole rings is 1. The number of aromatic nitrogens is 2. The van der Waals surface area contributed by atoms with Crippen LogP contribution in [0.3, 0.4) is 0 Å². The first-order valence-electron chi connectivity index (χ1n) is 8.21. The molecule has 3 nitrogen and oxygen atoms in total. The summed E-state index contributed by atoms with van der Waals surface area (Å²) in [7, 11) is 1.75. The standard InChI is InChI=1S/C18H21F3N2O/c1-23-11-10-22-16(23)17(24,13-6-3-2-4-7-13)14-8-5-9-15(12-14)18(19,20)21/h5,8-13,24H,2-4,6-7H2,1H3. The third kappa shape index (κ3) is 2.95. The predicted molar refractivity (Wildman–Crippen MR) is 84.2 cm³/mol. The Morgan fingerprint density at radius 1 is 1.12 bits per heavy atom. The average molecular weight is 338 g/mol. The molecule has 0 amide bonds. The molecule has 0 spiro atoms. The highest BCUT2D eigenvalue weighted by atomic mass is 19.4. The summed E-state index contributed by atoms with van der Waals surface area (Å²) in [5, 5.41) is 11.6. The van der Waals surface area contributed by atoms with E-state index in [-0.39, 0.29) is 11.5 Å². The van der Waals surface area contributed by atoms with Gasteiger partial charge in [-0.1, -0.05) is 31.4 Å². The van der Waals surface area contributed by atoms with Crippen LogP contribution in [0.5, 0.6) is 0 Å². The molecule has 3 rings (SSSR count). The Bertz CT molecular complexity index is 704. The largest absolute Gasteiger partial charge is 0.416 e. The lowest BCUT2D eigenvalue weighted by molar-refractivity contribution is -0.137. The molecule has 2 aromatic rings. The molecule has 1 unspecified atom stereocenters. The Labute approximate surface area is 139 Å². The van der Waals surface area contributed by atoms with E-state index < -0.39 is 17.3 Å². The molecule has 0 radical (unpaired) electrons. The minimum Gasteiger partial charge on any atom is -0.377 e. The van der Waals surface area contributed by atoms with Gasteiger partial charge in [-0.3, -0.25) is 0 Å². The van der Waals surface area contributed by atoms with Crippen molar-refractivity contribution in [3.05, 3.63) is 53.6 Å². The summed E-state index contributed by atoms with van der Waals surface area (Å²) in [4.78, 5) is 4.26. The van der Waals surface area contributed by atoms with Gasteiger partial charge in [-0.15, -0.1) is 0 Å². The van der Waals surface area contributed by atoms with Crippen LogP contribution in [0.15, 0.2) is 36.7 Å². The van der Waals surface area contributed by atoms with Crippen molar-refractivity contribution >= 4 is 0 Å². The summed E-state index contributed by atoms with van der Waals surface area (Å²) in [6, 6.07) is 5.01. The molecule has 1 aromatic carbocycles. The van der Waals surface area contributed by atoms with E-state index in [1.165, 1.54) is 6.07 Å². The van der Waals surface area contributed by atoms with Gasteiger partial charge >= 0.3 is 6.18 Å². The second-order valence-corrected chi connectivity index (χ2v) is 6.54. The highest BCUT2D eigenvalue weighted by molar-refractivity contribution is 5.35. The van der Waals surface area contributed by atoms with E-state index in [0.29, 0.717) is 5.82 Å². The number of halogens is 3. The van der Waals surface area contributed by atoms with Crippen LogP contribution in [0, 0.1) is 5.92 Å². The molecule has 1 heterocycles. The van der Waals surface area contributed by atoms with Gasteiger partial charge in [0, 0.05) is 19.4 Å². The zero-order valence-electron chi connectivity index (χ0n) is 13.6. The van der Waals surface area contributed by atoms with E-state index >= 15 is 0 Å². The molecule has 1 fully saturated rings. The minimum atomic E-state index is -4.44. The van der Waals surface area contributed by atoms with Gasteiger partial charge in [0.05, 0.1) is 5.56 Å². The van der Waals surface area contributed by atoms with Crippen LogP contribution in [-0.4, -0.2) is 14.7 Å². The van der Waals surface area contributed by atoms with Crippen molar-refractivity contribution in [2.24, 2.45) is 13.0 Å². The van der Waals surface area contributed by atoms with Crippen molar-refractivity contribution in [1.29, 1.82) is 0 Å². The molecule has 1 aromatic heterocycles. The lowest BCUT2D eigenvalue weighted by Gasteiger charge is -2.38. The fraction of sp³-hybridized carbons (Fsp3) is 0.500. The van der Waals surface area contributed by atoms with Crippen molar-refractivity contribution in [2.75, 3.05) is 0 Å². The third-order valence-electron chi connectivity index (χ3n) is 4.99. The Morgan fingerprint density at radius 2 is 1.79 bits per heavy atom. The van der Waals surface area contributed by atoms with E-state index in [0.717, 1.165) is 44.2 Å². The van der Waals surface area contributed by atoms with Crippen molar-refractivity contribution in [2.45, 2.75) is 43.9 Å². The van der Waals surface area contributed by atoms with Gasteiger partial charge < -0.3 is 9.67 Å². The van der Waals surface area contributed by atoms with Crippen molar-refractivity contribution < 1.29 is 18.3 Å². The summed E-state index contributed by atoms with van der Waals surface area (Å²) in [5.74, 6) is 0.254. The lowest BCUT2D eigenvalue weighted by Crippen LogP contribution is -2.40. The molecule has 0 bridgehead atoms. The molecule has 0 saturated heterocycles. The monoisotopic (exact) mass is 338 g/mol. The Morgan fingerprint density at radius 3 is 2.38 bits per heavy atom. The maximum atomic E-state index is 13.1. The van der Waals surface area contributed by atoms with Crippen LogP contribution < -0.4 is 0 Å². The molecule has 1 aliphatic carbocycles. The lowest BCUT2D eigenvalue weighted by atomic mass is 9.72. The minimum absolute atomic E-state index is 0.143. The molecule has 24 heavy (non-hydrogen) atoms. The molecule has 1 atom stereocenters. The summed E-state index contributed by atoms with van der Waals surface area (Å²) >= 11 is 0. The van der Waals surface area contributed by atoms with E-state index in [1.807, 2.05) is 0 Å². The topological polar surface area (TPSA) is 38.0 Å². The highest BCUT2D eigenvalue weighted by Crippen LogP contribution is 2.44. The smallest absolute Gasteiger partial charge is 0.377 e. The number of hydrogen-bond acceptors (Lipinski definition) is 2. The van der Waals surface area contributed by atoms with E-state index in [2.05, 4.69) is 4.98 Å². The number of nitrogens with zero attached hydrogens (tertiary/aromatic N) is 2. The molecule has 1 saturated carbocycles. The first-order chi connectivity index (χ1) is 11.3. The Hall–Kier alpha value is -1.82. The summed E-state index contributed by atoms with van der Waals surface area (Å²) in [5.41, 5.74) is -2.00. The van der Waals surface area contributed by atoms with Crippen LogP contribution in [0.1, 0.15) is 49.1 Å². The highest BCUT2D eigenvalue weighted by Gasteiger charge is 2.44. The fourth-order valence-corrected chi connectivity index (χ4v) is 3.73. The second-order valence-electron chi connectivity index (χ2n) is 6.54. The van der Waals surface area contributed by atoms with Crippen LogP contribution in [0.2, 0.25) is 0 Å². The van der Waals surface area contributed by atoms with Crippen LogP contribution in [0.25, 0.3) is 0 Å². The number of alkyl halides is 3. The van der Waals surface area contributed by atoms with E-state index in [1.54, 1.807) is 30.1 Å². The second kappa shape index (κ2) is 6.24. The number of aryl methyl sites for hydroxylation is 1. The zero-order chi connectivity index (χ0) is 17.4. The van der Waals surface area contributed by atoms with Gasteiger partial charge in [0.1, 0.15) is 11.4 Å². The summed E-state index contributed by atoms with van der Waals surface area (Å²) in [6.45, 7) is 0. The van der Waals surface area contributed by atoms with Crippen LogP contribution in [-0.2, 0) is 18.8 Å². The van der Waals surface area contributed by atoms with Gasteiger partial charge in [0.2, 0.25) is 0 Å². The Balaban J connectivity index is 2.13. The SMILES string of the molecule is Cn1ccnc1C(O)(c1cccc(C(F)(F)F)c1)C1CCCCC1. The number of rotatable bonds is 3. The van der Waals surface area contributed by atoms with Crippen molar-refractivity contribution in [3.63, 3.8) is 0 Å². The molecule has 0 aliphatic heterocycles. The van der Waals surface area contributed by atoms with Gasteiger partial charge in [-0.25, -0.2) is 4.98 Å². The maximum Gasteiger partial charge on any atom is 0.416 e. The number of benzene rings is 1. The predicted octanol–water partition coefficient (Wildman–Crippen LogP) is 4.26. The van der Waals surface area contributed by atoms with Gasteiger partial charge in [0.15, 0.2) is 0 Å². The maximum absolute atomic E-state index is 13.1. The van der Waals surface area contributed by atoms with Gasteiger partial charge in [-0.05, 0) is 36.5 Å². The quantitative estimate of drug-likeness (QED) is 0.908. The van der Waals surface area contributed by atoms with E-state index in [9.17, 15) is 18.3 Å².